The second kappa shape index (κ2) is 12.3. The van der Waals surface area contributed by atoms with Crippen LogP contribution in [0.2, 0.25) is 0 Å². The number of unbranched alkanes of at least 4 members (excludes halogenated alkanes) is 2. The lowest BCUT2D eigenvalue weighted by atomic mass is 9.94. The molecule has 3 aromatic rings. The van der Waals surface area contributed by atoms with Gasteiger partial charge in [-0.25, -0.2) is 4.98 Å². The van der Waals surface area contributed by atoms with E-state index in [1.807, 2.05) is 43.3 Å². The summed E-state index contributed by atoms with van der Waals surface area (Å²) in [5.41, 5.74) is 2.37. The van der Waals surface area contributed by atoms with Crippen molar-refractivity contribution in [2.75, 3.05) is 20.3 Å². The van der Waals surface area contributed by atoms with Crippen LogP contribution in [0.25, 0.3) is 0 Å². The number of aryl methyl sites for hydroxylation is 2. The van der Waals surface area contributed by atoms with Gasteiger partial charge in [-0.2, -0.15) is 0 Å². The van der Waals surface area contributed by atoms with Gasteiger partial charge in [0.05, 0.1) is 40.9 Å². The third kappa shape index (κ3) is 5.75. The summed E-state index contributed by atoms with van der Waals surface area (Å²) < 4.78 is 11.6. The fraction of sp³-hybridized carbons (Fsp3) is 0.367. The number of amides is 1. The predicted molar refractivity (Wildman–Crippen MR) is 148 cm³/mol. The molecule has 0 saturated heterocycles. The largest absolute Gasteiger partial charge is 0.503 e. The highest BCUT2D eigenvalue weighted by Crippen LogP contribution is 2.42. The van der Waals surface area contributed by atoms with E-state index in [2.05, 4.69) is 11.9 Å². The third-order valence-corrected chi connectivity index (χ3v) is 7.72. The lowest BCUT2D eigenvalue weighted by molar-refractivity contribution is -0.129. The van der Waals surface area contributed by atoms with E-state index in [0.717, 1.165) is 29.8 Å². The smallest absolute Gasteiger partial charge is 0.290 e. The van der Waals surface area contributed by atoms with E-state index in [1.165, 1.54) is 11.3 Å². The van der Waals surface area contributed by atoms with E-state index >= 15 is 0 Å². The Kier molecular flexibility index (Phi) is 8.84. The Hall–Kier alpha value is -3.65. The lowest BCUT2D eigenvalue weighted by Gasteiger charge is -2.27. The minimum absolute atomic E-state index is 0.0634. The SMILES string of the molecule is CCCCCOc1ccc(C2C(C(=O)c3sc(C)nc3C)=C(O)C(=O)N2CCc2ccccc2)cc1OC. The molecule has 2 heterocycles. The number of methoxy groups -OCH3 is 1. The number of aromatic nitrogens is 1. The van der Waals surface area contributed by atoms with Gasteiger partial charge in [0.25, 0.3) is 5.91 Å². The first-order valence-corrected chi connectivity index (χ1v) is 13.7. The van der Waals surface area contributed by atoms with E-state index in [9.17, 15) is 14.7 Å². The number of rotatable bonds is 12. The molecular weight excluding hydrogens is 500 g/mol. The molecule has 0 saturated carbocycles. The van der Waals surface area contributed by atoms with Crippen molar-refractivity contribution in [3.8, 4) is 11.5 Å². The second-order valence-electron chi connectivity index (χ2n) is 9.34. The van der Waals surface area contributed by atoms with Gasteiger partial charge in [0.15, 0.2) is 17.3 Å². The van der Waals surface area contributed by atoms with Crippen molar-refractivity contribution in [1.82, 2.24) is 9.88 Å². The van der Waals surface area contributed by atoms with Crippen LogP contribution in [0.1, 0.15) is 63.7 Å². The predicted octanol–water partition coefficient (Wildman–Crippen LogP) is 6.16. The molecule has 1 unspecified atom stereocenters. The Labute approximate surface area is 227 Å². The number of hydrogen-bond donors (Lipinski definition) is 1. The van der Waals surface area contributed by atoms with Crippen molar-refractivity contribution in [3.05, 3.63) is 86.6 Å². The molecule has 0 bridgehead atoms. The molecule has 1 aliphatic heterocycles. The number of benzene rings is 2. The van der Waals surface area contributed by atoms with Gasteiger partial charge >= 0.3 is 0 Å². The van der Waals surface area contributed by atoms with Gasteiger partial charge in [-0.15, -0.1) is 11.3 Å². The Balaban J connectivity index is 1.72. The number of thiazole rings is 1. The monoisotopic (exact) mass is 534 g/mol. The van der Waals surface area contributed by atoms with Crippen molar-refractivity contribution in [2.24, 2.45) is 0 Å². The van der Waals surface area contributed by atoms with E-state index < -0.39 is 17.7 Å². The molecule has 8 heteroatoms. The second-order valence-corrected chi connectivity index (χ2v) is 10.5. The number of ketones is 1. The standard InChI is InChI=1S/C30H34N2O5S/c1-5-6-10-17-37-23-14-13-22(18-24(23)36-4)26-25(27(33)29-19(2)31-20(3)38-29)28(34)30(35)32(26)16-15-21-11-8-7-9-12-21/h7-9,11-14,18,26,34H,5-6,10,15-17H2,1-4H3. The molecule has 0 radical (unpaired) electrons. The van der Waals surface area contributed by atoms with Crippen molar-refractivity contribution < 1.29 is 24.2 Å². The number of carbonyl (C=O) groups is 2. The molecule has 1 amide bonds. The molecule has 1 aliphatic rings. The molecule has 1 atom stereocenters. The first-order chi connectivity index (χ1) is 18.3. The van der Waals surface area contributed by atoms with Crippen LogP contribution in [0.4, 0.5) is 0 Å². The average Bonchev–Trinajstić information content (AvgIpc) is 3.40. The molecular formula is C30H34N2O5S. The lowest BCUT2D eigenvalue weighted by Crippen LogP contribution is -2.33. The molecule has 200 valence electrons. The van der Waals surface area contributed by atoms with E-state index in [1.54, 1.807) is 31.1 Å². The summed E-state index contributed by atoms with van der Waals surface area (Å²) >= 11 is 1.26. The number of aliphatic hydroxyl groups is 1. The number of aliphatic hydroxyl groups excluding tert-OH is 1. The van der Waals surface area contributed by atoms with Crippen molar-refractivity contribution >= 4 is 23.0 Å². The van der Waals surface area contributed by atoms with Gasteiger partial charge in [-0.05, 0) is 49.9 Å². The minimum Gasteiger partial charge on any atom is -0.503 e. The summed E-state index contributed by atoms with van der Waals surface area (Å²) in [4.78, 5) is 33.5. The number of Topliss-reactive ketones (excluding diaryl/α,β-unsaturated/α-hetero) is 1. The Morgan fingerprint density at radius 2 is 1.87 bits per heavy atom. The zero-order valence-corrected chi connectivity index (χ0v) is 23.1. The van der Waals surface area contributed by atoms with Gasteiger partial charge in [0.1, 0.15) is 0 Å². The van der Waals surface area contributed by atoms with Crippen molar-refractivity contribution in [2.45, 2.75) is 52.5 Å². The molecule has 38 heavy (non-hydrogen) atoms. The van der Waals surface area contributed by atoms with E-state index in [4.69, 9.17) is 9.47 Å². The van der Waals surface area contributed by atoms with Crippen LogP contribution in [-0.4, -0.2) is 46.9 Å². The van der Waals surface area contributed by atoms with E-state index in [-0.39, 0.29) is 11.4 Å². The maximum atomic E-state index is 13.8. The van der Waals surface area contributed by atoms with E-state index in [0.29, 0.717) is 47.2 Å². The molecule has 0 fully saturated rings. The van der Waals surface area contributed by atoms with Crippen LogP contribution in [0.15, 0.2) is 59.9 Å². The van der Waals surface area contributed by atoms with Crippen LogP contribution in [0, 0.1) is 13.8 Å². The highest BCUT2D eigenvalue weighted by Gasteiger charge is 2.44. The average molecular weight is 535 g/mol. The zero-order valence-electron chi connectivity index (χ0n) is 22.3. The number of hydrogen-bond acceptors (Lipinski definition) is 7. The van der Waals surface area contributed by atoms with Crippen LogP contribution in [-0.2, 0) is 11.2 Å². The minimum atomic E-state index is -0.774. The maximum Gasteiger partial charge on any atom is 0.290 e. The third-order valence-electron chi connectivity index (χ3n) is 6.65. The van der Waals surface area contributed by atoms with Gasteiger partial charge in [0.2, 0.25) is 5.78 Å². The summed E-state index contributed by atoms with van der Waals surface area (Å²) in [7, 11) is 1.56. The summed E-state index contributed by atoms with van der Waals surface area (Å²) in [5, 5.41) is 11.8. The van der Waals surface area contributed by atoms with Crippen LogP contribution in [0.3, 0.4) is 0 Å². The zero-order chi connectivity index (χ0) is 27.2. The molecule has 1 N–H and O–H groups in total. The van der Waals surface area contributed by atoms with Gasteiger partial charge in [0, 0.05) is 6.54 Å². The molecule has 0 spiro atoms. The van der Waals surface area contributed by atoms with Gasteiger partial charge in [-0.3, -0.25) is 9.59 Å². The quantitative estimate of drug-likeness (QED) is 0.221. The highest BCUT2D eigenvalue weighted by molar-refractivity contribution is 7.14. The highest BCUT2D eigenvalue weighted by atomic mass is 32.1. The van der Waals surface area contributed by atoms with Gasteiger partial charge < -0.3 is 19.5 Å². The summed E-state index contributed by atoms with van der Waals surface area (Å²) in [6, 6.07) is 14.5. The topological polar surface area (TPSA) is 89.0 Å². The number of ether oxygens (including phenoxy) is 2. The molecule has 4 rings (SSSR count). The van der Waals surface area contributed by atoms with Crippen LogP contribution >= 0.6 is 11.3 Å². The van der Waals surface area contributed by atoms with Crippen molar-refractivity contribution in [3.63, 3.8) is 0 Å². The van der Waals surface area contributed by atoms with Gasteiger partial charge in [-0.1, -0.05) is 56.2 Å². The molecule has 0 aliphatic carbocycles. The fourth-order valence-corrected chi connectivity index (χ4v) is 5.60. The first-order valence-electron chi connectivity index (χ1n) is 12.9. The van der Waals surface area contributed by atoms with Crippen molar-refractivity contribution in [1.29, 1.82) is 0 Å². The fourth-order valence-electron chi connectivity index (χ4n) is 4.73. The number of nitrogens with zero attached hydrogens (tertiary/aromatic N) is 2. The van der Waals surface area contributed by atoms with Crippen LogP contribution in [0.5, 0.6) is 11.5 Å². The summed E-state index contributed by atoms with van der Waals surface area (Å²) in [5.74, 6) is -0.352. The Bertz CT molecular complexity index is 1330. The molecule has 2 aromatic carbocycles. The normalized spacial score (nSPS) is 15.3. The maximum absolute atomic E-state index is 13.8. The number of carbonyl (C=O) groups excluding carboxylic acids is 2. The Morgan fingerprint density at radius 1 is 1.11 bits per heavy atom. The van der Waals surface area contributed by atoms with Crippen LogP contribution < -0.4 is 9.47 Å². The summed E-state index contributed by atoms with van der Waals surface area (Å²) in [6.07, 6.45) is 3.69. The summed E-state index contributed by atoms with van der Waals surface area (Å²) in [6.45, 7) is 6.63. The first kappa shape index (κ1) is 27.4. The molecule has 1 aromatic heterocycles. The molecule has 7 nitrogen and oxygen atoms in total. The Morgan fingerprint density at radius 3 is 2.53 bits per heavy atom.